The van der Waals surface area contributed by atoms with Gasteiger partial charge < -0.3 is 9.64 Å². The SMILES string of the molecule is CCOc1cccc2sc(N(CCN(C)C)C(=O)CCS(=O)(=O)c3ccc(F)cc3)nc12. The predicted molar refractivity (Wildman–Crippen MR) is 125 cm³/mol. The Morgan fingerprint density at radius 2 is 1.84 bits per heavy atom. The Labute approximate surface area is 191 Å². The topological polar surface area (TPSA) is 79.8 Å². The molecular formula is C22H26FN3O4S2. The number of hydrogen-bond acceptors (Lipinski definition) is 7. The van der Waals surface area contributed by atoms with Crippen LogP contribution < -0.4 is 9.64 Å². The number of thiazole rings is 1. The van der Waals surface area contributed by atoms with Gasteiger partial charge in [-0.3, -0.25) is 9.69 Å². The van der Waals surface area contributed by atoms with E-state index in [1.165, 1.54) is 28.4 Å². The van der Waals surface area contributed by atoms with Gasteiger partial charge in [0.1, 0.15) is 17.1 Å². The van der Waals surface area contributed by atoms with E-state index in [0.717, 1.165) is 16.8 Å². The molecule has 0 spiro atoms. The fourth-order valence-electron chi connectivity index (χ4n) is 3.04. The molecule has 0 saturated carbocycles. The number of likely N-dealkylation sites (N-methyl/N-ethyl adjacent to an activating group) is 1. The zero-order valence-corrected chi connectivity index (χ0v) is 19.9. The number of carbonyl (C=O) groups excluding carboxylic acids is 1. The highest BCUT2D eigenvalue weighted by Gasteiger charge is 2.24. The van der Waals surface area contributed by atoms with Gasteiger partial charge in [0.15, 0.2) is 15.0 Å². The van der Waals surface area contributed by atoms with Gasteiger partial charge in [0.05, 0.1) is 22.0 Å². The van der Waals surface area contributed by atoms with Crippen molar-refractivity contribution in [1.29, 1.82) is 0 Å². The van der Waals surface area contributed by atoms with Crippen molar-refractivity contribution in [3.63, 3.8) is 0 Å². The smallest absolute Gasteiger partial charge is 0.229 e. The highest BCUT2D eigenvalue weighted by Crippen LogP contribution is 2.34. The summed E-state index contributed by atoms with van der Waals surface area (Å²) < 4.78 is 44.9. The molecule has 0 aliphatic heterocycles. The number of anilines is 1. The number of aromatic nitrogens is 1. The minimum Gasteiger partial charge on any atom is -0.492 e. The van der Waals surface area contributed by atoms with Crippen LogP contribution in [0.4, 0.5) is 9.52 Å². The van der Waals surface area contributed by atoms with Crippen molar-refractivity contribution < 1.29 is 22.3 Å². The van der Waals surface area contributed by atoms with Gasteiger partial charge in [0.25, 0.3) is 0 Å². The zero-order chi connectivity index (χ0) is 23.3. The molecule has 0 N–H and O–H groups in total. The van der Waals surface area contributed by atoms with Crippen LogP contribution in [0.3, 0.4) is 0 Å². The second kappa shape index (κ2) is 10.4. The van der Waals surface area contributed by atoms with Crippen LogP contribution in [0.15, 0.2) is 47.4 Å². The van der Waals surface area contributed by atoms with Crippen molar-refractivity contribution in [2.75, 3.05) is 44.4 Å². The van der Waals surface area contributed by atoms with Gasteiger partial charge >= 0.3 is 0 Å². The first-order valence-electron chi connectivity index (χ1n) is 10.2. The zero-order valence-electron chi connectivity index (χ0n) is 18.2. The van der Waals surface area contributed by atoms with E-state index in [0.29, 0.717) is 36.1 Å². The van der Waals surface area contributed by atoms with E-state index in [1.54, 1.807) is 0 Å². The number of nitrogens with zero attached hydrogens (tertiary/aromatic N) is 3. The molecular weight excluding hydrogens is 453 g/mol. The molecule has 0 radical (unpaired) electrons. The van der Waals surface area contributed by atoms with Gasteiger partial charge in [-0.15, -0.1) is 0 Å². The maximum atomic E-state index is 13.1. The average molecular weight is 480 g/mol. The molecule has 3 rings (SSSR count). The maximum absolute atomic E-state index is 13.1. The van der Waals surface area contributed by atoms with Crippen LogP contribution in [0.25, 0.3) is 10.2 Å². The van der Waals surface area contributed by atoms with Crippen molar-refractivity contribution in [2.45, 2.75) is 18.2 Å². The number of para-hydroxylation sites is 1. The van der Waals surface area contributed by atoms with Crippen molar-refractivity contribution in [2.24, 2.45) is 0 Å². The minimum absolute atomic E-state index is 0.00659. The second-order valence-corrected chi connectivity index (χ2v) is 10.5. The number of amides is 1. The molecule has 0 aliphatic rings. The normalized spacial score (nSPS) is 11.8. The maximum Gasteiger partial charge on any atom is 0.229 e. The van der Waals surface area contributed by atoms with Gasteiger partial charge in [-0.2, -0.15) is 0 Å². The molecule has 0 bridgehead atoms. The molecule has 0 saturated heterocycles. The van der Waals surface area contributed by atoms with Gasteiger partial charge in [-0.25, -0.2) is 17.8 Å². The lowest BCUT2D eigenvalue weighted by Crippen LogP contribution is -2.37. The molecule has 0 fully saturated rings. The number of hydrogen-bond donors (Lipinski definition) is 0. The van der Waals surface area contributed by atoms with Gasteiger partial charge in [0, 0.05) is 19.5 Å². The highest BCUT2D eigenvalue weighted by molar-refractivity contribution is 7.91. The summed E-state index contributed by atoms with van der Waals surface area (Å²) in [4.78, 5) is 21.2. The largest absolute Gasteiger partial charge is 0.492 e. The van der Waals surface area contributed by atoms with Crippen LogP contribution in [0.5, 0.6) is 5.75 Å². The summed E-state index contributed by atoms with van der Waals surface area (Å²) in [6.07, 6.45) is -0.207. The minimum atomic E-state index is -3.72. The number of benzene rings is 2. The van der Waals surface area contributed by atoms with Crippen LogP contribution in [-0.4, -0.2) is 63.8 Å². The summed E-state index contributed by atoms with van der Waals surface area (Å²) in [5, 5.41) is 0.498. The van der Waals surface area contributed by atoms with Crippen LogP contribution in [0.2, 0.25) is 0 Å². The standard InChI is InChI=1S/C22H26FN3O4S2/c1-4-30-18-6-5-7-19-21(18)24-22(31-19)26(14-13-25(2)3)20(27)12-15-32(28,29)17-10-8-16(23)9-11-17/h5-11H,4,12-15H2,1-3H3. The van der Waals surface area contributed by atoms with Gasteiger partial charge in [-0.05, 0) is 57.4 Å². The molecule has 1 heterocycles. The molecule has 32 heavy (non-hydrogen) atoms. The molecule has 0 aliphatic carbocycles. The molecule has 10 heteroatoms. The molecule has 1 aromatic heterocycles. The van der Waals surface area contributed by atoms with Gasteiger partial charge in [0.2, 0.25) is 5.91 Å². The first-order chi connectivity index (χ1) is 15.2. The molecule has 1 amide bonds. The Morgan fingerprint density at radius 3 is 2.50 bits per heavy atom. The van der Waals surface area contributed by atoms with E-state index in [-0.39, 0.29) is 23.0 Å². The lowest BCUT2D eigenvalue weighted by molar-refractivity contribution is -0.118. The third-order valence-electron chi connectivity index (χ3n) is 4.73. The predicted octanol–water partition coefficient (Wildman–Crippen LogP) is 3.59. The van der Waals surface area contributed by atoms with Crippen molar-refractivity contribution in [3.8, 4) is 5.75 Å². The number of fused-ring (bicyclic) bond motifs is 1. The fourth-order valence-corrected chi connectivity index (χ4v) is 5.30. The summed E-state index contributed by atoms with van der Waals surface area (Å²) in [5.41, 5.74) is 0.677. The van der Waals surface area contributed by atoms with Crippen LogP contribution in [-0.2, 0) is 14.6 Å². The van der Waals surface area contributed by atoms with Crippen LogP contribution >= 0.6 is 11.3 Å². The Kier molecular flexibility index (Phi) is 7.81. The molecule has 7 nitrogen and oxygen atoms in total. The van der Waals surface area contributed by atoms with Crippen molar-refractivity contribution >= 4 is 42.4 Å². The number of sulfone groups is 1. The van der Waals surface area contributed by atoms with Crippen LogP contribution in [0.1, 0.15) is 13.3 Å². The van der Waals surface area contributed by atoms with E-state index >= 15 is 0 Å². The Morgan fingerprint density at radius 1 is 1.12 bits per heavy atom. The van der Waals surface area contributed by atoms with Crippen molar-refractivity contribution in [3.05, 3.63) is 48.3 Å². The first kappa shape index (κ1) is 24.1. The number of ether oxygens (including phenoxy) is 1. The summed E-state index contributed by atoms with van der Waals surface area (Å²) >= 11 is 1.36. The quantitative estimate of drug-likeness (QED) is 0.414. The molecule has 0 unspecified atom stereocenters. The lowest BCUT2D eigenvalue weighted by Gasteiger charge is -2.22. The molecule has 2 aromatic carbocycles. The fraction of sp³-hybridized carbons (Fsp3) is 0.364. The summed E-state index contributed by atoms with van der Waals surface area (Å²) in [7, 11) is 0.0727. The monoisotopic (exact) mass is 479 g/mol. The van der Waals surface area contributed by atoms with E-state index in [1.807, 2.05) is 44.1 Å². The van der Waals surface area contributed by atoms with E-state index in [2.05, 4.69) is 4.98 Å². The summed E-state index contributed by atoms with van der Waals surface area (Å²) in [6, 6.07) is 10.2. The average Bonchev–Trinajstić information content (AvgIpc) is 3.18. The highest BCUT2D eigenvalue weighted by atomic mass is 32.2. The Balaban J connectivity index is 1.83. The Hall–Kier alpha value is -2.56. The molecule has 0 atom stereocenters. The third-order valence-corrected chi connectivity index (χ3v) is 7.51. The third kappa shape index (κ3) is 5.81. The van der Waals surface area contributed by atoms with E-state index < -0.39 is 15.7 Å². The molecule has 3 aromatic rings. The van der Waals surface area contributed by atoms with Gasteiger partial charge in [-0.1, -0.05) is 17.4 Å². The molecule has 172 valence electrons. The number of rotatable bonds is 10. The second-order valence-electron chi connectivity index (χ2n) is 7.40. The lowest BCUT2D eigenvalue weighted by atomic mass is 10.3. The van der Waals surface area contributed by atoms with Crippen molar-refractivity contribution in [1.82, 2.24) is 9.88 Å². The number of carbonyl (C=O) groups is 1. The van der Waals surface area contributed by atoms with Crippen LogP contribution in [0, 0.1) is 5.82 Å². The summed E-state index contributed by atoms with van der Waals surface area (Å²) in [5.74, 6) is -0.580. The first-order valence-corrected chi connectivity index (χ1v) is 12.6. The summed E-state index contributed by atoms with van der Waals surface area (Å²) in [6.45, 7) is 3.34. The Bertz CT molecular complexity index is 1180. The van der Waals surface area contributed by atoms with E-state index in [4.69, 9.17) is 4.74 Å². The number of halogens is 1. The van der Waals surface area contributed by atoms with E-state index in [9.17, 15) is 17.6 Å².